The fourth-order valence-electron chi connectivity index (χ4n) is 4.70. The molecule has 0 spiro atoms. The Morgan fingerprint density at radius 3 is 2.69 bits per heavy atom. The first-order chi connectivity index (χ1) is 15.5. The number of hydrogen-bond donors (Lipinski definition) is 1. The first-order valence-electron chi connectivity index (χ1n) is 11.2. The minimum Gasteiger partial charge on any atom is -0.493 e. The van der Waals surface area contributed by atoms with E-state index in [-0.39, 0.29) is 17.9 Å². The molecule has 2 aliphatic rings. The fraction of sp³-hybridized carbons (Fsp3) is 0.440. The molecule has 1 N–H and O–H groups in total. The Bertz CT molecular complexity index is 1010. The molecule has 2 amide bonds. The normalized spacial score (nSPS) is 18.1. The average Bonchev–Trinajstić information content (AvgIpc) is 2.81. The molecule has 1 atom stereocenters. The van der Waals surface area contributed by atoms with E-state index in [0.29, 0.717) is 17.8 Å². The molecule has 2 aromatic carbocycles. The summed E-state index contributed by atoms with van der Waals surface area (Å²) in [4.78, 5) is 29.2. The van der Waals surface area contributed by atoms with Crippen molar-refractivity contribution in [3.8, 4) is 11.5 Å². The average molecular weight is 438 g/mol. The number of rotatable bonds is 6. The lowest BCUT2D eigenvalue weighted by Crippen LogP contribution is -2.44. The second-order valence-electron chi connectivity index (χ2n) is 8.51. The molecule has 32 heavy (non-hydrogen) atoms. The standard InChI is InChI=1S/C25H31N3O4/c1-27-16-24(29)26-20-15-18(9-11-21(20)27)25(30)28-13-5-4-6-19(28)10-7-17-8-12-22(31-2)23(14-17)32-3/h8-9,11-12,14-15,19H,4-7,10,13,16H2,1-3H3,(H,26,29). The number of hydrogen-bond acceptors (Lipinski definition) is 5. The lowest BCUT2D eigenvalue weighted by Gasteiger charge is -2.36. The number of likely N-dealkylation sites (N-methyl/N-ethyl adjacent to an activating group) is 1. The van der Waals surface area contributed by atoms with Gasteiger partial charge in [-0.1, -0.05) is 6.07 Å². The Balaban J connectivity index is 1.48. The van der Waals surface area contributed by atoms with Crippen LogP contribution in [0.3, 0.4) is 0 Å². The van der Waals surface area contributed by atoms with Gasteiger partial charge in [0.15, 0.2) is 11.5 Å². The summed E-state index contributed by atoms with van der Waals surface area (Å²) in [5, 5.41) is 2.89. The summed E-state index contributed by atoms with van der Waals surface area (Å²) >= 11 is 0. The zero-order valence-corrected chi connectivity index (χ0v) is 19.0. The first-order valence-corrected chi connectivity index (χ1v) is 11.2. The van der Waals surface area contributed by atoms with Gasteiger partial charge < -0.3 is 24.6 Å². The number of fused-ring (bicyclic) bond motifs is 1. The lowest BCUT2D eigenvalue weighted by molar-refractivity contribution is -0.115. The zero-order valence-electron chi connectivity index (χ0n) is 19.0. The van der Waals surface area contributed by atoms with Gasteiger partial charge in [0.05, 0.1) is 32.1 Å². The highest BCUT2D eigenvalue weighted by Gasteiger charge is 2.28. The van der Waals surface area contributed by atoms with Crippen LogP contribution in [0.25, 0.3) is 0 Å². The molecule has 4 rings (SSSR count). The molecule has 7 heteroatoms. The van der Waals surface area contributed by atoms with Crippen molar-refractivity contribution in [2.24, 2.45) is 0 Å². The Kier molecular flexibility index (Phi) is 6.53. The topological polar surface area (TPSA) is 71.1 Å². The zero-order chi connectivity index (χ0) is 22.7. The molecular weight excluding hydrogens is 406 g/mol. The van der Waals surface area contributed by atoms with Gasteiger partial charge in [0, 0.05) is 25.2 Å². The maximum atomic E-state index is 13.4. The highest BCUT2D eigenvalue weighted by Crippen LogP contribution is 2.32. The van der Waals surface area contributed by atoms with E-state index in [1.165, 1.54) is 5.56 Å². The quantitative estimate of drug-likeness (QED) is 0.746. The highest BCUT2D eigenvalue weighted by atomic mass is 16.5. The van der Waals surface area contributed by atoms with Crippen LogP contribution in [0, 0.1) is 0 Å². The number of aryl methyl sites for hydroxylation is 1. The number of amides is 2. The van der Waals surface area contributed by atoms with E-state index in [4.69, 9.17) is 9.47 Å². The molecule has 0 bridgehead atoms. The molecule has 7 nitrogen and oxygen atoms in total. The predicted molar refractivity (Wildman–Crippen MR) is 125 cm³/mol. The molecule has 2 aliphatic heterocycles. The SMILES string of the molecule is COc1ccc(CCC2CCCCN2C(=O)c2ccc3c(c2)NC(=O)CN3C)cc1OC. The minimum absolute atomic E-state index is 0.0345. The van der Waals surface area contributed by atoms with E-state index in [9.17, 15) is 9.59 Å². The molecular formula is C25H31N3O4. The maximum absolute atomic E-state index is 13.4. The van der Waals surface area contributed by atoms with Crippen molar-refractivity contribution in [2.45, 2.75) is 38.1 Å². The van der Waals surface area contributed by atoms with Crippen molar-refractivity contribution >= 4 is 23.2 Å². The van der Waals surface area contributed by atoms with E-state index in [2.05, 4.69) is 11.4 Å². The second-order valence-corrected chi connectivity index (χ2v) is 8.51. The number of piperidine rings is 1. The maximum Gasteiger partial charge on any atom is 0.254 e. The van der Waals surface area contributed by atoms with Gasteiger partial charge in [-0.2, -0.15) is 0 Å². The minimum atomic E-state index is -0.0598. The lowest BCUT2D eigenvalue weighted by atomic mass is 9.94. The van der Waals surface area contributed by atoms with Gasteiger partial charge in [0.2, 0.25) is 5.91 Å². The molecule has 0 radical (unpaired) electrons. The molecule has 1 unspecified atom stereocenters. The summed E-state index contributed by atoms with van der Waals surface area (Å²) in [5.41, 5.74) is 3.43. The van der Waals surface area contributed by atoms with E-state index in [1.807, 2.05) is 47.2 Å². The van der Waals surface area contributed by atoms with E-state index >= 15 is 0 Å². The van der Waals surface area contributed by atoms with Crippen molar-refractivity contribution < 1.29 is 19.1 Å². The van der Waals surface area contributed by atoms with Gasteiger partial charge in [-0.05, 0) is 68.0 Å². The van der Waals surface area contributed by atoms with Crippen molar-refractivity contribution in [2.75, 3.05) is 44.6 Å². The summed E-state index contributed by atoms with van der Waals surface area (Å²) < 4.78 is 10.8. The summed E-state index contributed by atoms with van der Waals surface area (Å²) in [6, 6.07) is 11.8. The van der Waals surface area contributed by atoms with Gasteiger partial charge in [-0.3, -0.25) is 9.59 Å². The molecule has 0 aliphatic carbocycles. The van der Waals surface area contributed by atoms with Crippen LogP contribution in [0.1, 0.15) is 41.6 Å². The van der Waals surface area contributed by atoms with Crippen molar-refractivity contribution in [3.05, 3.63) is 47.5 Å². The van der Waals surface area contributed by atoms with Crippen LogP contribution in [-0.2, 0) is 11.2 Å². The largest absolute Gasteiger partial charge is 0.493 e. The van der Waals surface area contributed by atoms with Crippen LogP contribution in [0.5, 0.6) is 11.5 Å². The smallest absolute Gasteiger partial charge is 0.254 e. The number of carbonyl (C=O) groups excluding carboxylic acids is 2. The molecule has 0 saturated carbocycles. The van der Waals surface area contributed by atoms with Crippen molar-refractivity contribution in [1.82, 2.24) is 4.90 Å². The first kappa shape index (κ1) is 22.0. The number of nitrogens with one attached hydrogen (secondary N) is 1. The number of nitrogens with zero attached hydrogens (tertiary/aromatic N) is 2. The van der Waals surface area contributed by atoms with Gasteiger partial charge in [0.1, 0.15) is 0 Å². The summed E-state index contributed by atoms with van der Waals surface area (Å²) in [7, 11) is 5.16. The van der Waals surface area contributed by atoms with Gasteiger partial charge >= 0.3 is 0 Å². The Hall–Kier alpha value is -3.22. The molecule has 170 valence electrons. The molecule has 1 fully saturated rings. The number of likely N-dealkylation sites (tertiary alicyclic amines) is 1. The fourth-order valence-corrected chi connectivity index (χ4v) is 4.70. The van der Waals surface area contributed by atoms with Crippen LogP contribution in [0.15, 0.2) is 36.4 Å². The van der Waals surface area contributed by atoms with E-state index < -0.39 is 0 Å². The Morgan fingerprint density at radius 2 is 1.91 bits per heavy atom. The third-order valence-electron chi connectivity index (χ3n) is 6.41. The third-order valence-corrected chi connectivity index (χ3v) is 6.41. The number of benzene rings is 2. The third kappa shape index (κ3) is 4.52. The van der Waals surface area contributed by atoms with Gasteiger partial charge in [0.25, 0.3) is 5.91 Å². The molecule has 2 heterocycles. The number of anilines is 2. The number of ether oxygens (including phenoxy) is 2. The summed E-state index contributed by atoms with van der Waals surface area (Å²) in [6.07, 6.45) is 4.91. The Morgan fingerprint density at radius 1 is 1.09 bits per heavy atom. The van der Waals surface area contributed by atoms with Crippen LogP contribution >= 0.6 is 0 Å². The van der Waals surface area contributed by atoms with Gasteiger partial charge in [-0.25, -0.2) is 0 Å². The monoisotopic (exact) mass is 437 g/mol. The number of methoxy groups -OCH3 is 2. The van der Waals surface area contributed by atoms with Crippen molar-refractivity contribution in [3.63, 3.8) is 0 Å². The van der Waals surface area contributed by atoms with Gasteiger partial charge in [-0.15, -0.1) is 0 Å². The Labute approximate surface area is 189 Å². The van der Waals surface area contributed by atoms with Crippen molar-refractivity contribution in [1.29, 1.82) is 0 Å². The highest BCUT2D eigenvalue weighted by molar-refractivity contribution is 6.04. The number of carbonyl (C=O) groups is 2. The van der Waals surface area contributed by atoms with Crippen LogP contribution < -0.4 is 19.7 Å². The summed E-state index contributed by atoms with van der Waals surface area (Å²) in [6.45, 7) is 1.09. The van der Waals surface area contributed by atoms with Crippen LogP contribution in [0.2, 0.25) is 0 Å². The molecule has 2 aromatic rings. The predicted octanol–water partition coefficient (Wildman–Crippen LogP) is 3.72. The van der Waals surface area contributed by atoms with E-state index in [1.54, 1.807) is 14.2 Å². The molecule has 0 aromatic heterocycles. The van der Waals surface area contributed by atoms with Crippen LogP contribution in [0.4, 0.5) is 11.4 Å². The summed E-state index contributed by atoms with van der Waals surface area (Å²) in [5.74, 6) is 1.42. The molecule has 1 saturated heterocycles. The van der Waals surface area contributed by atoms with Crippen LogP contribution in [-0.4, -0.2) is 57.1 Å². The second kappa shape index (κ2) is 9.51. The van der Waals surface area contributed by atoms with E-state index in [0.717, 1.165) is 55.8 Å².